The molecule has 1 saturated heterocycles. The van der Waals surface area contributed by atoms with E-state index in [0.717, 1.165) is 39.6 Å². The maximum Gasteiger partial charge on any atom is 0.266 e. The number of carbonyl (C=O) groups is 2. The molecule has 1 aliphatic heterocycles. The van der Waals surface area contributed by atoms with Gasteiger partial charge in [-0.2, -0.15) is 0 Å². The Balaban J connectivity index is 0.00000207. The van der Waals surface area contributed by atoms with Crippen LogP contribution in [0.2, 0.25) is 0 Å². The highest BCUT2D eigenvalue weighted by atomic mass is 32.2. The number of aryl methyl sites for hydroxylation is 1. The number of pyridine rings is 1. The van der Waals surface area contributed by atoms with E-state index in [4.69, 9.17) is 12.2 Å². The predicted octanol–water partition coefficient (Wildman–Crippen LogP) is 6.40. The van der Waals surface area contributed by atoms with Gasteiger partial charge in [0.05, 0.1) is 9.80 Å². The predicted molar refractivity (Wildman–Crippen MR) is 176 cm³/mol. The fourth-order valence-electron chi connectivity index (χ4n) is 4.33. The molecule has 1 N–H and O–H groups in total. The Morgan fingerprint density at radius 1 is 0.930 bits per heavy atom. The number of nitrogens with one attached hydrogen (secondary N) is 1. The molecule has 0 aliphatic carbocycles. The Morgan fingerprint density at radius 2 is 1.53 bits per heavy atom. The van der Waals surface area contributed by atoms with Crippen molar-refractivity contribution in [1.29, 1.82) is 0 Å². The molecule has 2 heterocycles. The van der Waals surface area contributed by atoms with Crippen LogP contribution in [0.4, 0.5) is 0 Å². The van der Waals surface area contributed by atoms with E-state index >= 15 is 0 Å². The molecule has 0 spiro atoms. The summed E-state index contributed by atoms with van der Waals surface area (Å²) in [6.07, 6.45) is 5.25. The summed E-state index contributed by atoms with van der Waals surface area (Å²) in [7, 11) is -4.17. The molecule has 0 saturated carbocycles. The summed E-state index contributed by atoms with van der Waals surface area (Å²) in [4.78, 5) is 32.7. The molecule has 10 heteroatoms. The molecule has 5 rings (SSSR count). The molecular formula is C33H31N3O4S3. The normalized spacial score (nSPS) is 14.7. The molecule has 43 heavy (non-hydrogen) atoms. The van der Waals surface area contributed by atoms with Crippen molar-refractivity contribution in [1.82, 2.24) is 14.6 Å². The van der Waals surface area contributed by atoms with Crippen molar-refractivity contribution in [3.05, 3.63) is 125 Å². The Labute approximate surface area is 262 Å². The smallest absolute Gasteiger partial charge is 0.266 e. The summed E-state index contributed by atoms with van der Waals surface area (Å²) in [6, 6.07) is 25.6. The average molecular weight is 630 g/mol. The largest absolute Gasteiger partial charge is 0.280 e. The summed E-state index contributed by atoms with van der Waals surface area (Å²) in [5, 5.41) is 0. The number of hydrogen-bond acceptors (Lipinski definition) is 7. The van der Waals surface area contributed by atoms with E-state index < -0.39 is 27.9 Å². The van der Waals surface area contributed by atoms with E-state index in [9.17, 15) is 18.0 Å². The Hall–Kier alpha value is -4.12. The zero-order valence-electron chi connectivity index (χ0n) is 23.9. The molecule has 0 bridgehead atoms. The number of sulfonamides is 1. The quantitative estimate of drug-likeness (QED) is 0.178. The highest BCUT2D eigenvalue weighted by molar-refractivity contribution is 8.26. The van der Waals surface area contributed by atoms with E-state index in [-0.39, 0.29) is 15.6 Å². The van der Waals surface area contributed by atoms with Gasteiger partial charge in [-0.15, -0.1) is 0 Å². The van der Waals surface area contributed by atoms with Crippen molar-refractivity contribution in [2.75, 3.05) is 0 Å². The first-order valence-electron chi connectivity index (χ1n) is 13.7. The number of thioether (sulfide) groups is 1. The lowest BCUT2D eigenvalue weighted by atomic mass is 10.0. The Kier molecular flexibility index (Phi) is 10.6. The molecule has 7 nitrogen and oxygen atoms in total. The average Bonchev–Trinajstić information content (AvgIpc) is 3.29. The Bertz CT molecular complexity index is 1720. The van der Waals surface area contributed by atoms with E-state index in [1.165, 1.54) is 17.0 Å². The fourth-order valence-corrected chi connectivity index (χ4v) is 6.70. The van der Waals surface area contributed by atoms with E-state index in [0.29, 0.717) is 4.91 Å². The van der Waals surface area contributed by atoms with E-state index in [1.807, 2.05) is 87.5 Å². The van der Waals surface area contributed by atoms with Gasteiger partial charge in [0.2, 0.25) is 0 Å². The molecule has 1 fully saturated rings. The van der Waals surface area contributed by atoms with Gasteiger partial charge in [0, 0.05) is 18.8 Å². The lowest BCUT2D eigenvalue weighted by Gasteiger charge is -2.26. The second kappa shape index (κ2) is 14.4. The molecular weight excluding hydrogens is 599 g/mol. The minimum Gasteiger partial charge on any atom is -0.280 e. The Morgan fingerprint density at radius 3 is 2.16 bits per heavy atom. The number of aromatic nitrogens is 1. The van der Waals surface area contributed by atoms with Crippen molar-refractivity contribution in [3.8, 4) is 11.1 Å². The molecule has 4 aromatic rings. The second-order valence-electron chi connectivity index (χ2n) is 9.40. The van der Waals surface area contributed by atoms with E-state index in [1.54, 1.807) is 30.6 Å². The molecule has 1 aliphatic rings. The molecule has 3 aromatic carbocycles. The van der Waals surface area contributed by atoms with Gasteiger partial charge in [-0.1, -0.05) is 110 Å². The lowest BCUT2D eigenvalue weighted by molar-refractivity contribution is -0.131. The van der Waals surface area contributed by atoms with Crippen LogP contribution in [-0.4, -0.2) is 40.5 Å². The van der Waals surface area contributed by atoms with Gasteiger partial charge in [0.1, 0.15) is 10.4 Å². The molecule has 0 radical (unpaired) electrons. The minimum atomic E-state index is -4.17. The third-order valence-electron chi connectivity index (χ3n) is 6.50. The van der Waals surface area contributed by atoms with Crippen LogP contribution in [0, 0.1) is 6.92 Å². The third kappa shape index (κ3) is 7.84. The van der Waals surface area contributed by atoms with Crippen LogP contribution in [0.1, 0.15) is 30.5 Å². The summed E-state index contributed by atoms with van der Waals surface area (Å²) >= 11 is 6.63. The summed E-state index contributed by atoms with van der Waals surface area (Å²) in [6.45, 7) is 5.84. The maximum absolute atomic E-state index is 13.6. The number of carbonyl (C=O) groups excluding carboxylic acids is 2. The van der Waals surface area contributed by atoms with Crippen LogP contribution in [0.25, 0.3) is 17.2 Å². The van der Waals surface area contributed by atoms with Crippen molar-refractivity contribution in [3.63, 3.8) is 0 Å². The van der Waals surface area contributed by atoms with Crippen LogP contribution in [0.3, 0.4) is 0 Å². The van der Waals surface area contributed by atoms with E-state index in [2.05, 4.69) is 9.71 Å². The third-order valence-corrected chi connectivity index (χ3v) is 9.19. The van der Waals surface area contributed by atoms with Crippen molar-refractivity contribution in [2.45, 2.75) is 38.1 Å². The van der Waals surface area contributed by atoms with Gasteiger partial charge in [0.25, 0.3) is 21.8 Å². The van der Waals surface area contributed by atoms with Crippen molar-refractivity contribution in [2.24, 2.45) is 0 Å². The summed E-state index contributed by atoms with van der Waals surface area (Å²) < 4.78 is 28.4. The SMILES string of the molecule is CC.Cc1ccc(S(=O)(=O)NC(=O)C(Cc2ccccc2)N2C(=O)/C(=C/c3ccc(-c4ccncc4)cc3)SC2=S)cc1. The summed E-state index contributed by atoms with van der Waals surface area (Å²) in [5.74, 6) is -1.30. The first kappa shape index (κ1) is 31.8. The van der Waals surface area contributed by atoms with Gasteiger partial charge in [-0.05, 0) is 59.5 Å². The topological polar surface area (TPSA) is 96.4 Å². The first-order chi connectivity index (χ1) is 20.7. The van der Waals surface area contributed by atoms with Crippen molar-refractivity contribution >= 4 is 56.2 Å². The number of hydrogen-bond donors (Lipinski definition) is 1. The standard InChI is InChI=1S/C31H25N3O4S3.C2H6/c1-21-7-13-26(14-8-21)41(37,38)33-29(35)27(19-22-5-3-2-4-6-22)34-30(36)28(40-31(34)39)20-23-9-11-24(12-10-23)25-15-17-32-18-16-25;1-2/h2-18,20,27H,19H2,1H3,(H,33,35);1-2H3/b28-20-;. The molecule has 2 amide bonds. The van der Waals surface area contributed by atoms with Crippen molar-refractivity contribution < 1.29 is 18.0 Å². The number of rotatable bonds is 8. The van der Waals surface area contributed by atoms with Crippen LogP contribution in [0.15, 0.2) is 113 Å². The second-order valence-corrected chi connectivity index (χ2v) is 12.8. The van der Waals surface area contributed by atoms with Gasteiger partial charge < -0.3 is 0 Å². The van der Waals surface area contributed by atoms with Crippen LogP contribution < -0.4 is 4.72 Å². The number of nitrogens with zero attached hydrogens (tertiary/aromatic N) is 2. The van der Waals surface area contributed by atoms with Crippen LogP contribution in [-0.2, 0) is 26.0 Å². The van der Waals surface area contributed by atoms with Crippen LogP contribution >= 0.6 is 24.0 Å². The zero-order chi connectivity index (χ0) is 31.0. The van der Waals surface area contributed by atoms with Gasteiger partial charge in [0.15, 0.2) is 0 Å². The number of amides is 2. The van der Waals surface area contributed by atoms with Gasteiger partial charge in [-0.3, -0.25) is 19.5 Å². The van der Waals surface area contributed by atoms with Gasteiger partial charge >= 0.3 is 0 Å². The molecule has 1 atom stereocenters. The number of thiocarbonyl (C=S) groups is 1. The monoisotopic (exact) mass is 629 g/mol. The lowest BCUT2D eigenvalue weighted by Crippen LogP contribution is -2.51. The van der Waals surface area contributed by atoms with Crippen LogP contribution in [0.5, 0.6) is 0 Å². The highest BCUT2D eigenvalue weighted by Crippen LogP contribution is 2.35. The fraction of sp³-hybridized carbons (Fsp3) is 0.152. The summed E-state index contributed by atoms with van der Waals surface area (Å²) in [5.41, 5.74) is 4.45. The molecule has 1 unspecified atom stereocenters. The zero-order valence-corrected chi connectivity index (χ0v) is 26.4. The highest BCUT2D eigenvalue weighted by Gasteiger charge is 2.41. The first-order valence-corrected chi connectivity index (χ1v) is 16.4. The minimum absolute atomic E-state index is 0.0459. The maximum atomic E-state index is 13.6. The molecule has 1 aromatic heterocycles. The molecule has 220 valence electrons. The number of benzene rings is 3. The van der Waals surface area contributed by atoms with Gasteiger partial charge in [-0.25, -0.2) is 13.1 Å².